The second kappa shape index (κ2) is 9.64. The Morgan fingerprint density at radius 3 is 2.46 bits per heavy atom. The van der Waals surface area contributed by atoms with Gasteiger partial charge >= 0.3 is 5.97 Å². The third kappa shape index (κ3) is 5.51. The van der Waals surface area contributed by atoms with Crippen LogP contribution in [0.4, 0.5) is 0 Å². The molecule has 0 amide bonds. The molecule has 0 saturated carbocycles. The number of ether oxygens (including phenoxy) is 2. The van der Waals surface area contributed by atoms with Gasteiger partial charge in [-0.25, -0.2) is 0 Å². The van der Waals surface area contributed by atoms with Gasteiger partial charge in [-0.2, -0.15) is 0 Å². The minimum Gasteiger partial charge on any atom is -0.468 e. The molecule has 0 bridgehead atoms. The van der Waals surface area contributed by atoms with Crippen LogP contribution in [0.2, 0.25) is 0 Å². The monoisotopic (exact) mass is 418 g/mol. The van der Waals surface area contributed by atoms with E-state index in [2.05, 4.69) is 15.9 Å². The molecule has 0 saturated heterocycles. The number of halogens is 1. The highest BCUT2D eigenvalue weighted by Crippen LogP contribution is 2.32. The van der Waals surface area contributed by atoms with Crippen molar-refractivity contribution in [2.24, 2.45) is 0 Å². The Morgan fingerprint density at radius 1 is 1.08 bits per heavy atom. The number of ketones is 1. The van der Waals surface area contributed by atoms with E-state index in [0.717, 1.165) is 15.6 Å². The second-order valence-electron chi connectivity index (χ2n) is 6.35. The normalized spacial score (nSPS) is 13.0. The van der Waals surface area contributed by atoms with Crippen LogP contribution in [0.5, 0.6) is 0 Å². The summed E-state index contributed by atoms with van der Waals surface area (Å²) < 4.78 is 11.3. The van der Waals surface area contributed by atoms with Crippen molar-refractivity contribution in [1.29, 1.82) is 0 Å². The minimum absolute atomic E-state index is 0.0324. The number of Topliss-reactive ketones (excluding diaryl/α,β-unsaturated/α-hetero) is 1. The van der Waals surface area contributed by atoms with Crippen molar-refractivity contribution in [3.63, 3.8) is 0 Å². The maximum absolute atomic E-state index is 12.4. The quantitative estimate of drug-likeness (QED) is 0.564. The van der Waals surface area contributed by atoms with E-state index in [9.17, 15) is 9.59 Å². The van der Waals surface area contributed by atoms with Crippen molar-refractivity contribution in [3.8, 4) is 0 Å². The smallest absolute Gasteiger partial charge is 0.316 e. The van der Waals surface area contributed by atoms with Crippen LogP contribution in [0.25, 0.3) is 0 Å². The number of carbonyl (C=O) groups excluding carboxylic acids is 2. The third-order valence-corrected chi connectivity index (χ3v) is 4.87. The molecule has 2 aromatic carbocycles. The Labute approximate surface area is 162 Å². The first-order valence-electron chi connectivity index (χ1n) is 8.43. The average molecular weight is 419 g/mol. The molecule has 0 heterocycles. The second-order valence-corrected chi connectivity index (χ2v) is 7.27. The molecule has 138 valence electrons. The Morgan fingerprint density at radius 2 is 1.81 bits per heavy atom. The zero-order valence-corrected chi connectivity index (χ0v) is 16.6. The first kappa shape index (κ1) is 20.3. The van der Waals surface area contributed by atoms with Crippen LogP contribution in [0.1, 0.15) is 30.9 Å². The van der Waals surface area contributed by atoms with Crippen LogP contribution in [0, 0.1) is 0 Å². The molecule has 26 heavy (non-hydrogen) atoms. The van der Waals surface area contributed by atoms with Gasteiger partial charge in [0.15, 0.2) is 5.78 Å². The van der Waals surface area contributed by atoms with Crippen LogP contribution in [-0.4, -0.2) is 25.5 Å². The van der Waals surface area contributed by atoms with Crippen LogP contribution in [0.15, 0.2) is 59.1 Å². The van der Waals surface area contributed by atoms with Crippen molar-refractivity contribution in [2.75, 3.05) is 13.7 Å². The molecule has 5 heteroatoms. The molecule has 0 fully saturated rings. The molecule has 2 aromatic rings. The number of rotatable bonds is 9. The summed E-state index contributed by atoms with van der Waals surface area (Å²) in [6.07, 6.45) is 0.608. The van der Waals surface area contributed by atoms with E-state index in [0.29, 0.717) is 13.0 Å². The van der Waals surface area contributed by atoms with Crippen molar-refractivity contribution in [2.45, 2.75) is 31.8 Å². The Hall–Kier alpha value is -1.98. The first-order valence-corrected chi connectivity index (χ1v) is 9.23. The molecule has 4 nitrogen and oxygen atoms in total. The fourth-order valence-electron chi connectivity index (χ4n) is 2.74. The van der Waals surface area contributed by atoms with E-state index in [-0.39, 0.29) is 24.8 Å². The van der Waals surface area contributed by atoms with E-state index in [1.54, 1.807) is 6.92 Å². The molecule has 0 spiro atoms. The number of carbonyl (C=O) groups is 2. The molecule has 0 aromatic heterocycles. The summed E-state index contributed by atoms with van der Waals surface area (Å²) in [5, 5.41) is 0. The highest BCUT2D eigenvalue weighted by atomic mass is 79.9. The van der Waals surface area contributed by atoms with E-state index in [1.807, 2.05) is 54.6 Å². The van der Waals surface area contributed by atoms with Crippen LogP contribution < -0.4 is 0 Å². The number of methoxy groups -OCH3 is 1. The first-order chi connectivity index (χ1) is 12.5. The largest absolute Gasteiger partial charge is 0.468 e. The number of hydrogen-bond donors (Lipinski definition) is 0. The lowest BCUT2D eigenvalue weighted by atomic mass is 9.78. The molecule has 2 rings (SSSR count). The number of esters is 1. The van der Waals surface area contributed by atoms with E-state index in [4.69, 9.17) is 9.47 Å². The van der Waals surface area contributed by atoms with Crippen molar-refractivity contribution < 1.29 is 19.1 Å². The lowest BCUT2D eigenvalue weighted by molar-refractivity contribution is -0.147. The van der Waals surface area contributed by atoms with Crippen LogP contribution >= 0.6 is 15.9 Å². The Bertz CT molecular complexity index is 745. The summed E-state index contributed by atoms with van der Waals surface area (Å²) in [6.45, 7) is 2.23. The molecule has 0 aliphatic carbocycles. The lowest BCUT2D eigenvalue weighted by Gasteiger charge is -2.27. The predicted molar refractivity (Wildman–Crippen MR) is 104 cm³/mol. The molecular weight excluding hydrogens is 396 g/mol. The molecule has 0 aliphatic rings. The summed E-state index contributed by atoms with van der Waals surface area (Å²) in [4.78, 5) is 24.6. The van der Waals surface area contributed by atoms with Gasteiger partial charge in [-0.05, 0) is 36.6 Å². The van der Waals surface area contributed by atoms with Gasteiger partial charge in [0, 0.05) is 10.9 Å². The number of hydrogen-bond acceptors (Lipinski definition) is 4. The third-order valence-electron chi connectivity index (χ3n) is 4.38. The van der Waals surface area contributed by atoms with E-state index < -0.39 is 5.41 Å². The van der Waals surface area contributed by atoms with Crippen molar-refractivity contribution in [1.82, 2.24) is 0 Å². The fraction of sp³-hybridized carbons (Fsp3) is 0.333. The molecular formula is C21H23BrO4. The SMILES string of the molecule is COC(=O)C(C)(CCC(=O)COCc1ccccc1)c1cccc(Br)c1. The van der Waals surface area contributed by atoms with Gasteiger partial charge in [-0.1, -0.05) is 58.4 Å². The lowest BCUT2D eigenvalue weighted by Crippen LogP contribution is -2.34. The molecule has 0 aliphatic heterocycles. The summed E-state index contributed by atoms with van der Waals surface area (Å²) in [5.74, 6) is -0.389. The summed E-state index contributed by atoms with van der Waals surface area (Å²) in [6, 6.07) is 17.2. The van der Waals surface area contributed by atoms with Crippen LogP contribution in [-0.2, 0) is 31.1 Å². The predicted octanol–water partition coefficient (Wildman–Crippen LogP) is 4.45. The van der Waals surface area contributed by atoms with Crippen molar-refractivity contribution in [3.05, 3.63) is 70.2 Å². The summed E-state index contributed by atoms with van der Waals surface area (Å²) >= 11 is 3.42. The van der Waals surface area contributed by atoms with Crippen molar-refractivity contribution >= 4 is 27.7 Å². The van der Waals surface area contributed by atoms with Gasteiger partial charge in [0.1, 0.15) is 6.61 Å². The molecule has 0 N–H and O–H groups in total. The maximum atomic E-state index is 12.4. The topological polar surface area (TPSA) is 52.6 Å². The molecule has 0 radical (unpaired) electrons. The van der Waals surface area contributed by atoms with Gasteiger partial charge in [-0.3, -0.25) is 9.59 Å². The highest BCUT2D eigenvalue weighted by molar-refractivity contribution is 9.10. The average Bonchev–Trinajstić information content (AvgIpc) is 2.66. The van der Waals surface area contributed by atoms with Crippen LogP contribution in [0.3, 0.4) is 0 Å². The standard InChI is InChI=1S/C21H23BrO4/c1-21(20(24)25-2,17-9-6-10-18(22)13-17)12-11-19(23)15-26-14-16-7-4-3-5-8-16/h3-10,13H,11-12,14-15H2,1-2H3. The maximum Gasteiger partial charge on any atom is 0.316 e. The number of benzene rings is 2. The van der Waals surface area contributed by atoms with Gasteiger partial charge in [0.05, 0.1) is 19.1 Å². The zero-order valence-electron chi connectivity index (χ0n) is 15.0. The highest BCUT2D eigenvalue weighted by Gasteiger charge is 2.36. The fourth-order valence-corrected chi connectivity index (χ4v) is 3.14. The zero-order chi connectivity index (χ0) is 19.0. The Balaban J connectivity index is 1.94. The van der Waals surface area contributed by atoms with Gasteiger partial charge < -0.3 is 9.47 Å². The van der Waals surface area contributed by atoms with Gasteiger partial charge in [-0.15, -0.1) is 0 Å². The molecule has 1 atom stereocenters. The van der Waals surface area contributed by atoms with E-state index in [1.165, 1.54) is 7.11 Å². The summed E-state index contributed by atoms with van der Waals surface area (Å²) in [5.41, 5.74) is 0.957. The summed E-state index contributed by atoms with van der Waals surface area (Å²) in [7, 11) is 1.36. The minimum atomic E-state index is -0.881. The van der Waals surface area contributed by atoms with E-state index >= 15 is 0 Å². The van der Waals surface area contributed by atoms with Gasteiger partial charge in [0.25, 0.3) is 0 Å². The molecule has 1 unspecified atom stereocenters. The Kier molecular flexibility index (Phi) is 7.54. The van der Waals surface area contributed by atoms with Gasteiger partial charge in [0.2, 0.25) is 0 Å².